The summed E-state index contributed by atoms with van der Waals surface area (Å²) in [5.41, 5.74) is 0. The van der Waals surface area contributed by atoms with Crippen LogP contribution in [-0.4, -0.2) is 38.1 Å². The van der Waals surface area contributed by atoms with Gasteiger partial charge in [-0.15, -0.1) is 0 Å². The Kier molecular flexibility index (Phi) is 7.29. The summed E-state index contributed by atoms with van der Waals surface area (Å²) in [7, 11) is 4.26. The summed E-state index contributed by atoms with van der Waals surface area (Å²) in [5, 5.41) is 3.25. The van der Waals surface area contributed by atoms with E-state index >= 15 is 0 Å². The first kappa shape index (κ1) is 12.9. The summed E-state index contributed by atoms with van der Waals surface area (Å²) in [5.74, 6) is 0.814. The van der Waals surface area contributed by atoms with Crippen LogP contribution < -0.4 is 5.32 Å². The van der Waals surface area contributed by atoms with Gasteiger partial charge < -0.3 is 10.2 Å². The van der Waals surface area contributed by atoms with E-state index in [9.17, 15) is 0 Å². The number of hydrogen-bond acceptors (Lipinski definition) is 2. The first-order valence-corrected chi connectivity index (χ1v) is 5.46. The number of nitrogens with zero attached hydrogens (tertiary/aromatic N) is 1. The van der Waals surface area contributed by atoms with Gasteiger partial charge in [-0.05, 0) is 39.4 Å². The smallest absolute Gasteiger partial charge is 0.0214 e. The van der Waals surface area contributed by atoms with E-state index in [0.717, 1.165) is 12.5 Å². The van der Waals surface area contributed by atoms with Crippen LogP contribution >= 0.6 is 0 Å². The summed E-state index contributed by atoms with van der Waals surface area (Å²) in [6.45, 7) is 9.15. The molecule has 0 aliphatic rings. The van der Waals surface area contributed by atoms with Gasteiger partial charge in [0.2, 0.25) is 0 Å². The molecule has 1 unspecified atom stereocenters. The number of likely N-dealkylation sites (N-methyl/N-ethyl adjacent to an activating group) is 2. The van der Waals surface area contributed by atoms with Crippen LogP contribution in [0.15, 0.2) is 0 Å². The topological polar surface area (TPSA) is 15.3 Å². The van der Waals surface area contributed by atoms with Gasteiger partial charge in [-0.3, -0.25) is 0 Å². The van der Waals surface area contributed by atoms with E-state index in [4.69, 9.17) is 0 Å². The largest absolute Gasteiger partial charge is 0.318 e. The summed E-state index contributed by atoms with van der Waals surface area (Å²) >= 11 is 0. The molecule has 0 amide bonds. The molecule has 0 bridgehead atoms. The second-order valence-corrected chi connectivity index (χ2v) is 4.28. The van der Waals surface area contributed by atoms with Crippen LogP contribution in [0.5, 0.6) is 0 Å². The zero-order valence-electron chi connectivity index (χ0n) is 9.93. The Morgan fingerprint density at radius 2 is 1.92 bits per heavy atom. The van der Waals surface area contributed by atoms with Crippen LogP contribution in [0.4, 0.5) is 0 Å². The Hall–Kier alpha value is -0.0800. The SMILES string of the molecule is CCC(CNC)N(C)CCC(C)C. The Labute approximate surface area is 83.7 Å². The highest BCUT2D eigenvalue weighted by Crippen LogP contribution is 2.05. The standard InChI is InChI=1S/C11H26N2/c1-6-11(9-12-4)13(5)8-7-10(2)3/h10-12H,6-9H2,1-5H3. The molecular weight excluding hydrogens is 160 g/mol. The molecule has 0 rings (SSSR count). The van der Waals surface area contributed by atoms with Gasteiger partial charge in [0.1, 0.15) is 0 Å². The van der Waals surface area contributed by atoms with Gasteiger partial charge >= 0.3 is 0 Å². The maximum atomic E-state index is 3.25. The van der Waals surface area contributed by atoms with E-state index in [0.29, 0.717) is 6.04 Å². The lowest BCUT2D eigenvalue weighted by atomic mass is 10.1. The molecule has 0 aliphatic heterocycles. The van der Waals surface area contributed by atoms with E-state index in [1.54, 1.807) is 0 Å². The van der Waals surface area contributed by atoms with Crippen molar-refractivity contribution >= 4 is 0 Å². The fraction of sp³-hybridized carbons (Fsp3) is 1.00. The number of nitrogens with one attached hydrogen (secondary N) is 1. The fourth-order valence-electron chi connectivity index (χ4n) is 1.49. The van der Waals surface area contributed by atoms with Crippen LogP contribution in [0, 0.1) is 5.92 Å². The molecule has 13 heavy (non-hydrogen) atoms. The maximum absolute atomic E-state index is 3.25. The van der Waals surface area contributed by atoms with Crippen LogP contribution in [0.25, 0.3) is 0 Å². The lowest BCUT2D eigenvalue weighted by Gasteiger charge is -2.27. The zero-order valence-corrected chi connectivity index (χ0v) is 9.93. The minimum absolute atomic E-state index is 0.698. The molecule has 1 atom stereocenters. The summed E-state index contributed by atoms with van der Waals surface area (Å²) in [6.07, 6.45) is 2.53. The molecule has 2 heteroatoms. The molecule has 0 aromatic heterocycles. The predicted molar refractivity (Wildman–Crippen MR) is 60.1 cm³/mol. The summed E-state index contributed by atoms with van der Waals surface area (Å²) in [4.78, 5) is 2.47. The van der Waals surface area contributed by atoms with Gasteiger partial charge in [0.05, 0.1) is 0 Å². The second-order valence-electron chi connectivity index (χ2n) is 4.28. The lowest BCUT2D eigenvalue weighted by Crippen LogP contribution is -2.39. The highest BCUT2D eigenvalue weighted by molar-refractivity contribution is 4.69. The molecule has 2 nitrogen and oxygen atoms in total. The second kappa shape index (κ2) is 7.34. The molecule has 0 saturated carbocycles. The number of rotatable bonds is 7. The third-order valence-corrected chi connectivity index (χ3v) is 2.59. The average Bonchev–Trinajstić information content (AvgIpc) is 2.10. The normalized spacial score (nSPS) is 14.1. The zero-order chi connectivity index (χ0) is 10.3. The Morgan fingerprint density at radius 1 is 1.31 bits per heavy atom. The molecule has 0 heterocycles. The third kappa shape index (κ3) is 6.05. The Bertz CT molecular complexity index is 113. The lowest BCUT2D eigenvalue weighted by molar-refractivity contribution is 0.220. The van der Waals surface area contributed by atoms with Crippen LogP contribution in [0.1, 0.15) is 33.6 Å². The Morgan fingerprint density at radius 3 is 2.31 bits per heavy atom. The molecule has 0 spiro atoms. The molecule has 0 aliphatic carbocycles. The third-order valence-electron chi connectivity index (χ3n) is 2.59. The minimum Gasteiger partial charge on any atom is -0.318 e. The molecule has 0 aromatic carbocycles. The summed E-state index contributed by atoms with van der Waals surface area (Å²) < 4.78 is 0. The van der Waals surface area contributed by atoms with Gasteiger partial charge in [0.15, 0.2) is 0 Å². The molecule has 0 radical (unpaired) electrons. The van der Waals surface area contributed by atoms with Gasteiger partial charge in [-0.25, -0.2) is 0 Å². The number of hydrogen-bond donors (Lipinski definition) is 1. The first-order valence-electron chi connectivity index (χ1n) is 5.46. The molecule has 1 N–H and O–H groups in total. The van der Waals surface area contributed by atoms with E-state index in [2.05, 4.69) is 38.0 Å². The molecule has 0 fully saturated rings. The monoisotopic (exact) mass is 186 g/mol. The van der Waals surface area contributed by atoms with Crippen molar-refractivity contribution in [2.45, 2.75) is 39.7 Å². The van der Waals surface area contributed by atoms with Crippen LogP contribution in [0.2, 0.25) is 0 Å². The van der Waals surface area contributed by atoms with Crippen LogP contribution in [0.3, 0.4) is 0 Å². The van der Waals surface area contributed by atoms with Crippen molar-refractivity contribution < 1.29 is 0 Å². The fourth-order valence-corrected chi connectivity index (χ4v) is 1.49. The van der Waals surface area contributed by atoms with Gasteiger partial charge in [-0.2, -0.15) is 0 Å². The minimum atomic E-state index is 0.698. The van der Waals surface area contributed by atoms with E-state index in [1.807, 2.05) is 7.05 Å². The molecule has 0 saturated heterocycles. The van der Waals surface area contributed by atoms with E-state index < -0.39 is 0 Å². The van der Waals surface area contributed by atoms with Crippen molar-refractivity contribution in [3.8, 4) is 0 Å². The predicted octanol–water partition coefficient (Wildman–Crippen LogP) is 1.96. The van der Waals surface area contributed by atoms with Crippen molar-refractivity contribution in [1.29, 1.82) is 0 Å². The van der Waals surface area contributed by atoms with Crippen LogP contribution in [-0.2, 0) is 0 Å². The average molecular weight is 186 g/mol. The first-order chi connectivity index (χ1) is 6.11. The molecule has 80 valence electrons. The van der Waals surface area contributed by atoms with Gasteiger partial charge in [-0.1, -0.05) is 20.8 Å². The summed E-state index contributed by atoms with van der Waals surface area (Å²) in [6, 6.07) is 0.698. The highest BCUT2D eigenvalue weighted by Gasteiger charge is 2.11. The highest BCUT2D eigenvalue weighted by atomic mass is 15.1. The van der Waals surface area contributed by atoms with E-state index in [-0.39, 0.29) is 0 Å². The molecular formula is C11H26N2. The van der Waals surface area contributed by atoms with E-state index in [1.165, 1.54) is 19.4 Å². The quantitative estimate of drug-likeness (QED) is 0.654. The van der Waals surface area contributed by atoms with Gasteiger partial charge in [0, 0.05) is 12.6 Å². The maximum Gasteiger partial charge on any atom is 0.0214 e. The van der Waals surface area contributed by atoms with Crippen molar-refractivity contribution in [2.75, 3.05) is 27.2 Å². The van der Waals surface area contributed by atoms with Crippen molar-refractivity contribution in [1.82, 2.24) is 10.2 Å². The molecule has 0 aromatic rings. The van der Waals surface area contributed by atoms with Crippen molar-refractivity contribution in [3.63, 3.8) is 0 Å². The van der Waals surface area contributed by atoms with Crippen molar-refractivity contribution in [2.24, 2.45) is 5.92 Å². The van der Waals surface area contributed by atoms with Crippen molar-refractivity contribution in [3.05, 3.63) is 0 Å². The Balaban J connectivity index is 3.69. The van der Waals surface area contributed by atoms with Gasteiger partial charge in [0.25, 0.3) is 0 Å².